The van der Waals surface area contributed by atoms with Crippen molar-refractivity contribution in [3.8, 4) is 0 Å². The van der Waals surface area contributed by atoms with Crippen LogP contribution in [0.15, 0.2) is 24.3 Å². The molecule has 23 heavy (non-hydrogen) atoms. The number of fused-ring (bicyclic) bond motifs is 1. The highest BCUT2D eigenvalue weighted by molar-refractivity contribution is 5.93. The Labute approximate surface area is 134 Å². The molecule has 0 aliphatic carbocycles. The third-order valence-corrected chi connectivity index (χ3v) is 3.73. The predicted molar refractivity (Wildman–Crippen MR) is 84.1 cm³/mol. The van der Waals surface area contributed by atoms with Gasteiger partial charge in [-0.3, -0.25) is 9.69 Å². The number of likely N-dealkylation sites (tertiary alicyclic amines) is 1. The van der Waals surface area contributed by atoms with Crippen LogP contribution in [0.3, 0.4) is 0 Å². The molecule has 0 saturated carbocycles. The van der Waals surface area contributed by atoms with E-state index in [9.17, 15) is 9.59 Å². The zero-order valence-corrected chi connectivity index (χ0v) is 13.5. The minimum atomic E-state index is -0.590. The highest BCUT2D eigenvalue weighted by atomic mass is 16.6. The van der Waals surface area contributed by atoms with E-state index in [1.807, 2.05) is 32.9 Å². The number of para-hydroxylation sites is 1. The van der Waals surface area contributed by atoms with Crippen molar-refractivity contribution in [3.63, 3.8) is 0 Å². The van der Waals surface area contributed by atoms with Crippen molar-refractivity contribution < 1.29 is 14.3 Å². The highest BCUT2D eigenvalue weighted by Crippen LogP contribution is 2.23. The lowest BCUT2D eigenvalue weighted by molar-refractivity contribution is 0.0208. The normalized spacial score (nSPS) is 18.4. The first-order valence-corrected chi connectivity index (χ1v) is 7.71. The van der Waals surface area contributed by atoms with Crippen molar-refractivity contribution in [2.75, 3.05) is 6.54 Å². The fourth-order valence-corrected chi connectivity index (χ4v) is 2.74. The predicted octanol–water partition coefficient (Wildman–Crippen LogP) is 2.47. The lowest BCUT2D eigenvalue weighted by Gasteiger charge is -2.27. The summed E-state index contributed by atoms with van der Waals surface area (Å²) in [6.45, 7) is 5.94. The molecule has 1 amide bonds. The number of carbonyl (C=O) groups excluding carboxylic acids is 2. The number of hydrogen-bond acceptors (Lipinski definition) is 5. The van der Waals surface area contributed by atoms with Crippen molar-refractivity contribution in [1.29, 1.82) is 0 Å². The van der Waals surface area contributed by atoms with Crippen molar-refractivity contribution in [3.05, 3.63) is 24.3 Å². The smallest absolute Gasteiger partial charge is 0.410 e. The van der Waals surface area contributed by atoms with Crippen molar-refractivity contribution >= 4 is 23.0 Å². The number of aromatic nitrogens is 3. The summed E-state index contributed by atoms with van der Waals surface area (Å²) < 4.78 is 6.68. The van der Waals surface area contributed by atoms with E-state index in [1.54, 1.807) is 12.1 Å². The van der Waals surface area contributed by atoms with Gasteiger partial charge in [-0.2, -0.15) is 4.68 Å². The van der Waals surface area contributed by atoms with Crippen LogP contribution in [-0.2, 0) is 4.74 Å². The third-order valence-electron chi connectivity index (χ3n) is 3.73. The van der Waals surface area contributed by atoms with Crippen molar-refractivity contribution in [2.24, 2.45) is 0 Å². The molecule has 1 fully saturated rings. The minimum absolute atomic E-state index is 0.248. The molecule has 7 nitrogen and oxygen atoms in total. The van der Waals surface area contributed by atoms with E-state index in [1.165, 1.54) is 9.58 Å². The molecule has 7 heteroatoms. The second kappa shape index (κ2) is 5.64. The maximum absolute atomic E-state index is 12.8. The number of amides is 1. The van der Waals surface area contributed by atoms with Crippen molar-refractivity contribution in [2.45, 2.75) is 45.3 Å². The Bertz CT molecular complexity index is 747. The van der Waals surface area contributed by atoms with Crippen LogP contribution >= 0.6 is 0 Å². The second-order valence-corrected chi connectivity index (χ2v) is 6.66. The molecular weight excluding hydrogens is 296 g/mol. The fourth-order valence-electron chi connectivity index (χ4n) is 2.74. The Morgan fingerprint density at radius 1 is 1.26 bits per heavy atom. The lowest BCUT2D eigenvalue weighted by atomic mass is 10.2. The van der Waals surface area contributed by atoms with Gasteiger partial charge < -0.3 is 4.74 Å². The van der Waals surface area contributed by atoms with Gasteiger partial charge in [0, 0.05) is 6.54 Å². The van der Waals surface area contributed by atoms with Gasteiger partial charge in [0.25, 0.3) is 5.91 Å². The fraction of sp³-hybridized carbons (Fsp3) is 0.500. The number of ether oxygens (including phenoxy) is 1. The molecule has 1 aliphatic rings. The van der Waals surface area contributed by atoms with Crippen molar-refractivity contribution in [1.82, 2.24) is 19.9 Å². The summed E-state index contributed by atoms with van der Waals surface area (Å²) in [6, 6.07) is 6.70. The number of rotatable bonds is 1. The van der Waals surface area contributed by atoms with Crippen LogP contribution < -0.4 is 0 Å². The molecule has 1 aliphatic heterocycles. The monoisotopic (exact) mass is 316 g/mol. The Kier molecular flexibility index (Phi) is 3.79. The molecule has 1 aromatic heterocycles. The first kappa shape index (κ1) is 15.5. The average molecular weight is 316 g/mol. The third kappa shape index (κ3) is 3.04. The maximum Gasteiger partial charge on any atom is 0.410 e. The minimum Gasteiger partial charge on any atom is -0.444 e. The molecular formula is C16H20N4O3. The molecule has 3 rings (SSSR count). The standard InChI is InChI=1S/C16H20N4O3/c1-16(2,3)23-15(22)19-10-6-9-13(19)14(21)20-12-8-5-4-7-11(12)17-18-20/h4-5,7-8,13H,6,9-10H2,1-3H3. The lowest BCUT2D eigenvalue weighted by Crippen LogP contribution is -2.45. The number of benzene rings is 1. The Hall–Kier alpha value is -2.44. The largest absolute Gasteiger partial charge is 0.444 e. The van der Waals surface area contributed by atoms with E-state index < -0.39 is 17.7 Å². The van der Waals surface area contributed by atoms with E-state index in [0.717, 1.165) is 6.42 Å². The van der Waals surface area contributed by atoms with Crippen LogP contribution in [-0.4, -0.2) is 50.1 Å². The number of hydrogen-bond donors (Lipinski definition) is 0. The summed E-state index contributed by atoms with van der Waals surface area (Å²) in [5, 5.41) is 7.94. The Balaban J connectivity index is 1.85. The summed E-state index contributed by atoms with van der Waals surface area (Å²) in [5.74, 6) is -0.248. The molecule has 1 atom stereocenters. The van der Waals surface area contributed by atoms with Crippen LogP contribution in [0.5, 0.6) is 0 Å². The second-order valence-electron chi connectivity index (χ2n) is 6.66. The zero-order chi connectivity index (χ0) is 16.6. The molecule has 0 radical (unpaired) electrons. The summed E-state index contributed by atoms with van der Waals surface area (Å²) in [6.07, 6.45) is 0.909. The highest BCUT2D eigenvalue weighted by Gasteiger charge is 2.38. The Morgan fingerprint density at radius 3 is 2.74 bits per heavy atom. The SMILES string of the molecule is CC(C)(C)OC(=O)N1CCCC1C(=O)n1nnc2ccccc21. The molecule has 122 valence electrons. The molecule has 2 aromatic rings. The van der Waals surface area contributed by atoms with E-state index in [0.29, 0.717) is 24.0 Å². The average Bonchev–Trinajstić information content (AvgIpc) is 3.12. The van der Waals surface area contributed by atoms with Crippen LogP contribution in [0.1, 0.15) is 38.4 Å². The van der Waals surface area contributed by atoms with E-state index >= 15 is 0 Å². The summed E-state index contributed by atoms with van der Waals surface area (Å²) in [5.41, 5.74) is 0.712. The molecule has 1 aromatic carbocycles. The van der Waals surface area contributed by atoms with Gasteiger partial charge in [-0.1, -0.05) is 17.3 Å². The molecule has 1 saturated heterocycles. The van der Waals surface area contributed by atoms with Gasteiger partial charge in [-0.25, -0.2) is 4.79 Å². The van der Waals surface area contributed by atoms with Gasteiger partial charge in [-0.05, 0) is 45.7 Å². The van der Waals surface area contributed by atoms with E-state index in [-0.39, 0.29) is 5.91 Å². The number of nitrogens with zero attached hydrogens (tertiary/aromatic N) is 4. The van der Waals surface area contributed by atoms with Crippen LogP contribution in [0.4, 0.5) is 4.79 Å². The van der Waals surface area contributed by atoms with Gasteiger partial charge >= 0.3 is 6.09 Å². The van der Waals surface area contributed by atoms with Gasteiger partial charge in [0.15, 0.2) is 0 Å². The van der Waals surface area contributed by atoms with Gasteiger partial charge in [0.1, 0.15) is 17.2 Å². The van der Waals surface area contributed by atoms with Gasteiger partial charge in [0.2, 0.25) is 0 Å². The molecule has 0 spiro atoms. The topological polar surface area (TPSA) is 77.3 Å². The summed E-state index contributed by atoms with van der Waals surface area (Å²) in [7, 11) is 0. The first-order chi connectivity index (χ1) is 10.9. The van der Waals surface area contributed by atoms with Gasteiger partial charge in [0.05, 0.1) is 5.52 Å². The molecule has 2 heterocycles. The molecule has 1 unspecified atom stereocenters. The first-order valence-electron chi connectivity index (χ1n) is 7.71. The summed E-state index contributed by atoms with van der Waals surface area (Å²) >= 11 is 0. The van der Waals surface area contributed by atoms with E-state index in [2.05, 4.69) is 10.3 Å². The number of carbonyl (C=O) groups is 2. The zero-order valence-electron chi connectivity index (χ0n) is 13.5. The van der Waals surface area contributed by atoms with E-state index in [4.69, 9.17) is 4.74 Å². The Morgan fingerprint density at radius 2 is 2.00 bits per heavy atom. The maximum atomic E-state index is 12.8. The van der Waals surface area contributed by atoms with Gasteiger partial charge in [-0.15, -0.1) is 5.10 Å². The molecule has 0 N–H and O–H groups in total. The van der Waals surface area contributed by atoms with Crippen LogP contribution in [0, 0.1) is 0 Å². The van der Waals surface area contributed by atoms with Crippen LogP contribution in [0.2, 0.25) is 0 Å². The van der Waals surface area contributed by atoms with Crippen LogP contribution in [0.25, 0.3) is 11.0 Å². The molecule has 0 bridgehead atoms. The quantitative estimate of drug-likeness (QED) is 0.807. The summed E-state index contributed by atoms with van der Waals surface area (Å²) in [4.78, 5) is 26.6.